The van der Waals surface area contributed by atoms with Crippen LogP contribution in [0.3, 0.4) is 0 Å². The van der Waals surface area contributed by atoms with Crippen LogP contribution in [0.1, 0.15) is 11.1 Å². The Balaban J connectivity index is 0.000000194. The highest BCUT2D eigenvalue weighted by molar-refractivity contribution is 7.14. The molecule has 18 heteroatoms. The third-order valence-electron chi connectivity index (χ3n) is 9.38. The molecule has 0 saturated heterocycles. The highest BCUT2D eigenvalue weighted by Crippen LogP contribution is 2.31. The van der Waals surface area contributed by atoms with Gasteiger partial charge in [0.05, 0.1) is 11.4 Å². The van der Waals surface area contributed by atoms with Crippen molar-refractivity contribution >= 4 is 84.8 Å². The molecular formula is C47H43F2N11O3S2. The zero-order valence-electron chi connectivity index (χ0n) is 35.5. The smallest absolute Gasteiger partial charge is 0.387 e. The lowest BCUT2D eigenvalue weighted by Gasteiger charge is -2.14. The Morgan fingerprint density at radius 1 is 0.600 bits per heavy atom. The molecule has 0 unspecified atom stereocenters. The Hall–Kier alpha value is -7.96. The lowest BCUT2D eigenvalue weighted by Crippen LogP contribution is -2.19. The van der Waals surface area contributed by atoms with Gasteiger partial charge < -0.3 is 41.5 Å². The number of amides is 4. The number of anilines is 9. The van der Waals surface area contributed by atoms with Crippen LogP contribution in [0, 0.1) is 13.8 Å². The van der Waals surface area contributed by atoms with Gasteiger partial charge in [-0.2, -0.15) is 8.78 Å². The van der Waals surface area contributed by atoms with Crippen LogP contribution in [0.2, 0.25) is 0 Å². The fraction of sp³-hybridized carbons (Fsp3) is 0.106. The topological polar surface area (TPSA) is 170 Å². The number of aromatic nitrogens is 4. The van der Waals surface area contributed by atoms with Crippen molar-refractivity contribution in [2.24, 2.45) is 0 Å². The van der Waals surface area contributed by atoms with Crippen molar-refractivity contribution in [1.29, 1.82) is 0 Å². The van der Waals surface area contributed by atoms with Gasteiger partial charge in [0.15, 0.2) is 10.3 Å². The number of pyridine rings is 2. The average Bonchev–Trinajstić information content (AvgIpc) is 3.98. The van der Waals surface area contributed by atoms with E-state index in [0.717, 1.165) is 61.5 Å². The van der Waals surface area contributed by atoms with Gasteiger partial charge in [0.1, 0.15) is 5.75 Å². The first-order valence-electron chi connectivity index (χ1n) is 19.9. The van der Waals surface area contributed by atoms with E-state index in [2.05, 4.69) is 56.6 Å². The van der Waals surface area contributed by atoms with Crippen LogP contribution in [0.5, 0.6) is 5.75 Å². The van der Waals surface area contributed by atoms with E-state index >= 15 is 0 Å². The molecule has 0 aliphatic rings. The number of benzene rings is 4. The largest absolute Gasteiger partial charge is 0.435 e. The molecule has 65 heavy (non-hydrogen) atoms. The monoisotopic (exact) mass is 911 g/mol. The van der Waals surface area contributed by atoms with Gasteiger partial charge in [-0.1, -0.05) is 12.1 Å². The van der Waals surface area contributed by atoms with Gasteiger partial charge >= 0.3 is 18.7 Å². The van der Waals surface area contributed by atoms with Crippen molar-refractivity contribution in [1.82, 2.24) is 19.9 Å². The molecule has 14 nitrogen and oxygen atoms in total. The number of rotatable bonds is 13. The van der Waals surface area contributed by atoms with Crippen molar-refractivity contribution in [2.45, 2.75) is 20.5 Å². The highest BCUT2D eigenvalue weighted by atomic mass is 32.1. The molecule has 6 N–H and O–H groups in total. The van der Waals surface area contributed by atoms with Crippen molar-refractivity contribution in [2.75, 3.05) is 50.9 Å². The molecule has 4 heterocycles. The summed E-state index contributed by atoms with van der Waals surface area (Å²) in [7, 11) is 3.95. The van der Waals surface area contributed by atoms with Crippen LogP contribution in [0.15, 0.2) is 145 Å². The zero-order valence-corrected chi connectivity index (χ0v) is 37.1. The molecule has 330 valence electrons. The zero-order chi connectivity index (χ0) is 45.7. The Morgan fingerprint density at radius 2 is 1.03 bits per heavy atom. The summed E-state index contributed by atoms with van der Waals surface area (Å²) in [6.45, 7) is 1.06. The van der Waals surface area contributed by atoms with Crippen LogP contribution >= 0.6 is 22.7 Å². The van der Waals surface area contributed by atoms with Crippen LogP contribution in [-0.4, -0.2) is 52.7 Å². The number of carbonyl (C=O) groups excluding carboxylic acids is 2. The minimum absolute atomic E-state index is 0.0130. The summed E-state index contributed by atoms with van der Waals surface area (Å²) in [5.74, 6) is 0.0130. The maximum atomic E-state index is 12.4. The molecule has 4 aromatic carbocycles. The average molecular weight is 912 g/mol. The molecule has 8 rings (SSSR count). The summed E-state index contributed by atoms with van der Waals surface area (Å²) in [6.07, 6.45) is 7.00. The van der Waals surface area contributed by atoms with Crippen LogP contribution < -0.4 is 41.5 Å². The fourth-order valence-corrected chi connectivity index (χ4v) is 7.47. The predicted octanol–water partition coefficient (Wildman–Crippen LogP) is 12.5. The molecule has 0 aliphatic carbocycles. The fourth-order valence-electron chi connectivity index (χ4n) is 6.00. The molecule has 0 atom stereocenters. The predicted molar refractivity (Wildman–Crippen MR) is 259 cm³/mol. The summed E-state index contributed by atoms with van der Waals surface area (Å²) in [5, 5.41) is 23.2. The summed E-state index contributed by atoms with van der Waals surface area (Å²) in [6, 6.07) is 31.4. The second kappa shape index (κ2) is 21.4. The minimum Gasteiger partial charge on any atom is -0.435 e. The van der Waals surface area contributed by atoms with E-state index in [9.17, 15) is 18.4 Å². The van der Waals surface area contributed by atoms with Crippen molar-refractivity contribution < 1.29 is 23.1 Å². The SMILES string of the molecule is Cc1ccc(NC(=O)Nc2ccc(N(C)C)cc2)cc1Nc1nc(-c2cccnc2)cs1.Cc1ccc(NC(=O)Nc2ccc(OC(F)F)cc2)cc1Nc1nc(-c2cccnc2)cs1. The number of ether oxygens (including phenoxy) is 1. The maximum absolute atomic E-state index is 12.4. The maximum Gasteiger partial charge on any atom is 0.387 e. The number of nitrogens with one attached hydrogen (secondary N) is 6. The standard InChI is InChI=1S/C24H24N6OS.C23H19F2N5O2S/c1-16-6-7-19(27-23(31)26-18-8-10-20(11-9-18)30(2)3)13-21(16)28-24-29-22(15-32-24)17-5-4-12-25-14-17;1-14-4-5-17(28-22(31)27-16-6-8-18(9-7-16)32-21(24)25)11-19(14)29-23-30-20(13-33-23)15-3-2-10-26-12-15/h4-15H,1-3H3,(H,28,29)(H2,26,27,31);2-13,21H,1H3,(H,29,30)(H2,27,28,31). The highest BCUT2D eigenvalue weighted by Gasteiger charge is 2.12. The summed E-state index contributed by atoms with van der Waals surface area (Å²) in [5.41, 5.74) is 10.8. The first kappa shape index (κ1) is 45.1. The van der Waals surface area contributed by atoms with Gasteiger partial charge in [-0.3, -0.25) is 9.97 Å². The van der Waals surface area contributed by atoms with Crippen molar-refractivity contribution in [3.8, 4) is 28.3 Å². The van der Waals surface area contributed by atoms with Gasteiger partial charge in [-0.25, -0.2) is 19.6 Å². The van der Waals surface area contributed by atoms with Gasteiger partial charge in [0.25, 0.3) is 0 Å². The second-order valence-corrected chi connectivity index (χ2v) is 16.1. The Bertz CT molecular complexity index is 2830. The minimum atomic E-state index is -2.90. The number of urea groups is 2. The van der Waals surface area contributed by atoms with Crippen LogP contribution in [-0.2, 0) is 0 Å². The van der Waals surface area contributed by atoms with E-state index in [1.54, 1.807) is 36.9 Å². The number of aryl methyl sites for hydroxylation is 2. The van der Waals surface area contributed by atoms with Gasteiger partial charge in [0.2, 0.25) is 0 Å². The van der Waals surface area contributed by atoms with Gasteiger partial charge in [0, 0.05) is 101 Å². The first-order chi connectivity index (χ1) is 31.4. The Labute approximate surface area is 381 Å². The second-order valence-electron chi connectivity index (χ2n) is 14.4. The summed E-state index contributed by atoms with van der Waals surface area (Å²) >= 11 is 2.99. The Morgan fingerprint density at radius 3 is 1.45 bits per heavy atom. The lowest BCUT2D eigenvalue weighted by molar-refractivity contribution is -0.0498. The number of alkyl halides is 2. The molecule has 0 aliphatic heterocycles. The molecule has 0 spiro atoms. The molecule has 0 radical (unpaired) electrons. The molecule has 4 amide bonds. The normalized spacial score (nSPS) is 10.6. The van der Waals surface area contributed by atoms with Crippen LogP contribution in [0.4, 0.5) is 68.4 Å². The van der Waals surface area contributed by atoms with Crippen molar-refractivity contribution in [3.63, 3.8) is 0 Å². The number of thiazole rings is 2. The van der Waals surface area contributed by atoms with E-state index in [1.165, 1.54) is 46.9 Å². The summed E-state index contributed by atoms with van der Waals surface area (Å²) in [4.78, 5) is 44.3. The molecule has 0 saturated carbocycles. The number of hydrogen-bond acceptors (Lipinski definition) is 12. The Kier molecular flexibility index (Phi) is 14.8. The lowest BCUT2D eigenvalue weighted by atomic mass is 10.2. The van der Waals surface area contributed by atoms with E-state index in [4.69, 9.17) is 0 Å². The molecular weight excluding hydrogens is 869 g/mol. The number of halogens is 2. The number of carbonyl (C=O) groups is 2. The van der Waals surface area contributed by atoms with Gasteiger partial charge in [-0.05, 0) is 122 Å². The number of hydrogen-bond donors (Lipinski definition) is 6. The first-order valence-corrected chi connectivity index (χ1v) is 21.7. The van der Waals surface area contributed by atoms with Crippen molar-refractivity contribution in [3.05, 3.63) is 156 Å². The molecule has 0 bridgehead atoms. The van der Waals surface area contributed by atoms with Crippen LogP contribution in [0.25, 0.3) is 22.5 Å². The van der Waals surface area contributed by atoms with E-state index < -0.39 is 12.6 Å². The molecule has 0 fully saturated rings. The van der Waals surface area contributed by atoms with E-state index in [-0.39, 0.29) is 11.8 Å². The van der Waals surface area contributed by atoms with Gasteiger partial charge in [-0.15, -0.1) is 22.7 Å². The molecule has 8 aromatic rings. The third kappa shape index (κ3) is 13.0. The van der Waals surface area contributed by atoms with E-state index in [0.29, 0.717) is 22.2 Å². The molecule has 4 aromatic heterocycles. The summed E-state index contributed by atoms with van der Waals surface area (Å²) < 4.78 is 28.8. The quantitative estimate of drug-likeness (QED) is 0.0654. The third-order valence-corrected chi connectivity index (χ3v) is 10.9. The van der Waals surface area contributed by atoms with E-state index in [1.807, 2.05) is 116 Å². The number of nitrogens with zero attached hydrogens (tertiary/aromatic N) is 5.